The first-order valence-corrected chi connectivity index (χ1v) is 7.26. The average Bonchev–Trinajstić information content (AvgIpc) is 2.56. The molecule has 1 fully saturated rings. The first-order valence-electron chi connectivity index (χ1n) is 6.88. The third-order valence-electron chi connectivity index (χ3n) is 4.33. The van der Waals surface area contributed by atoms with Gasteiger partial charge in [-0.05, 0) is 51.5 Å². The monoisotopic (exact) mass is 269 g/mol. The van der Waals surface area contributed by atoms with Crippen LogP contribution in [0.1, 0.15) is 37.6 Å². The van der Waals surface area contributed by atoms with Crippen LogP contribution in [0.4, 0.5) is 0 Å². The van der Waals surface area contributed by atoms with Crippen LogP contribution in [0.25, 0.3) is 0 Å². The zero-order valence-corrected chi connectivity index (χ0v) is 12.6. The molecule has 1 heterocycles. The van der Waals surface area contributed by atoms with Crippen LogP contribution in [0.15, 0.2) is 0 Å². The number of halogens is 1. The summed E-state index contributed by atoms with van der Waals surface area (Å²) < 4.78 is 1.95. The Morgan fingerprint density at radius 2 is 2.17 bits per heavy atom. The molecular formula is C14H24ClN3. The van der Waals surface area contributed by atoms with E-state index >= 15 is 0 Å². The molecule has 1 aliphatic carbocycles. The highest BCUT2D eigenvalue weighted by atomic mass is 35.5. The van der Waals surface area contributed by atoms with Gasteiger partial charge in [0.15, 0.2) is 0 Å². The van der Waals surface area contributed by atoms with Gasteiger partial charge in [0.25, 0.3) is 0 Å². The van der Waals surface area contributed by atoms with E-state index in [1.54, 1.807) is 0 Å². The smallest absolute Gasteiger partial charge is 0.0847 e. The van der Waals surface area contributed by atoms with E-state index in [4.69, 9.17) is 11.6 Å². The van der Waals surface area contributed by atoms with Gasteiger partial charge >= 0.3 is 0 Å². The summed E-state index contributed by atoms with van der Waals surface area (Å²) in [6, 6.07) is 0.618. The summed E-state index contributed by atoms with van der Waals surface area (Å²) in [7, 11) is 4.07. The van der Waals surface area contributed by atoms with Gasteiger partial charge < -0.3 is 5.32 Å². The predicted molar refractivity (Wildman–Crippen MR) is 76.0 cm³/mol. The molecule has 18 heavy (non-hydrogen) atoms. The number of hydrogen-bond donors (Lipinski definition) is 1. The molecule has 3 nitrogen and oxygen atoms in total. The molecule has 0 bridgehead atoms. The molecule has 1 aliphatic rings. The number of aryl methyl sites for hydroxylation is 2. The normalized spacial score (nSPS) is 28.6. The van der Waals surface area contributed by atoms with Crippen LogP contribution in [0.3, 0.4) is 0 Å². The first kappa shape index (κ1) is 13.9. The van der Waals surface area contributed by atoms with Crippen molar-refractivity contribution in [3.63, 3.8) is 0 Å². The molecule has 1 N–H and O–H groups in total. The summed E-state index contributed by atoms with van der Waals surface area (Å²) in [4.78, 5) is 0. The maximum Gasteiger partial charge on any atom is 0.0847 e. The molecule has 102 valence electrons. The van der Waals surface area contributed by atoms with Crippen LogP contribution < -0.4 is 5.32 Å². The van der Waals surface area contributed by atoms with E-state index in [1.807, 2.05) is 18.7 Å². The molecule has 2 rings (SSSR count). The molecule has 4 heteroatoms. The molecule has 0 saturated heterocycles. The number of hydrogen-bond acceptors (Lipinski definition) is 2. The summed E-state index contributed by atoms with van der Waals surface area (Å²) in [5.74, 6) is 1.50. The van der Waals surface area contributed by atoms with Gasteiger partial charge in [-0.25, -0.2) is 0 Å². The molecule has 1 aromatic heterocycles. The second-order valence-corrected chi connectivity index (χ2v) is 6.13. The molecule has 1 saturated carbocycles. The van der Waals surface area contributed by atoms with E-state index in [2.05, 4.69) is 24.4 Å². The zero-order valence-electron chi connectivity index (χ0n) is 11.8. The summed E-state index contributed by atoms with van der Waals surface area (Å²) in [6.45, 7) is 4.33. The Balaban J connectivity index is 2.15. The van der Waals surface area contributed by atoms with E-state index in [1.165, 1.54) is 25.0 Å². The fourth-order valence-corrected chi connectivity index (χ4v) is 3.49. The molecule has 3 atom stereocenters. The Morgan fingerprint density at radius 1 is 1.44 bits per heavy atom. The summed E-state index contributed by atoms with van der Waals surface area (Å²) >= 11 is 6.36. The van der Waals surface area contributed by atoms with Crippen LogP contribution in [0, 0.1) is 18.8 Å². The fourth-order valence-electron chi connectivity index (χ4n) is 3.25. The van der Waals surface area contributed by atoms with Gasteiger partial charge in [0.1, 0.15) is 0 Å². The van der Waals surface area contributed by atoms with Gasteiger partial charge in [0.2, 0.25) is 0 Å². The van der Waals surface area contributed by atoms with E-state index in [9.17, 15) is 0 Å². The Labute approximate surface area is 115 Å². The second kappa shape index (κ2) is 5.62. The van der Waals surface area contributed by atoms with Crippen molar-refractivity contribution in [1.29, 1.82) is 0 Å². The summed E-state index contributed by atoms with van der Waals surface area (Å²) in [5.41, 5.74) is 2.13. The van der Waals surface area contributed by atoms with E-state index < -0.39 is 0 Å². The number of rotatable bonds is 3. The SMILES string of the molecule is CNC1CCC(C)CC1Cc1c(Cl)c(C)nn1C. The highest BCUT2D eigenvalue weighted by molar-refractivity contribution is 6.31. The van der Waals surface area contributed by atoms with Crippen LogP contribution in [0.2, 0.25) is 5.02 Å². The van der Waals surface area contributed by atoms with Gasteiger partial charge in [-0.1, -0.05) is 18.5 Å². The zero-order chi connectivity index (χ0) is 13.3. The molecular weight excluding hydrogens is 246 g/mol. The van der Waals surface area contributed by atoms with Crippen molar-refractivity contribution < 1.29 is 0 Å². The Morgan fingerprint density at radius 3 is 2.72 bits per heavy atom. The van der Waals surface area contributed by atoms with Crippen molar-refractivity contribution in [2.45, 2.75) is 45.6 Å². The van der Waals surface area contributed by atoms with E-state index in [0.717, 1.165) is 23.1 Å². The molecule has 0 amide bonds. The molecule has 3 unspecified atom stereocenters. The molecule has 0 spiro atoms. The summed E-state index contributed by atoms with van der Waals surface area (Å²) in [6.07, 6.45) is 4.93. The van der Waals surface area contributed by atoms with Crippen molar-refractivity contribution in [1.82, 2.24) is 15.1 Å². The highest BCUT2D eigenvalue weighted by Gasteiger charge is 2.29. The lowest BCUT2D eigenvalue weighted by Crippen LogP contribution is -2.39. The molecule has 0 aromatic carbocycles. The first-order chi connectivity index (χ1) is 8.52. The third kappa shape index (κ3) is 2.72. The summed E-state index contributed by atoms with van der Waals surface area (Å²) in [5, 5.41) is 8.73. The van der Waals surface area contributed by atoms with Crippen molar-refractivity contribution in [3.8, 4) is 0 Å². The average molecular weight is 270 g/mol. The quantitative estimate of drug-likeness (QED) is 0.914. The Kier molecular flexibility index (Phi) is 4.33. The molecule has 1 aromatic rings. The second-order valence-electron chi connectivity index (χ2n) is 5.75. The van der Waals surface area contributed by atoms with Crippen molar-refractivity contribution in [3.05, 3.63) is 16.4 Å². The standard InChI is InChI=1S/C14H24ClN3/c1-9-5-6-12(16-3)11(7-9)8-13-14(15)10(2)17-18(13)4/h9,11-12,16H,5-8H2,1-4H3. The number of nitrogens with zero attached hydrogens (tertiary/aromatic N) is 2. The predicted octanol–water partition coefficient (Wildman–Crippen LogP) is 2.95. The minimum atomic E-state index is 0.618. The van der Waals surface area contributed by atoms with Gasteiger partial charge in [0, 0.05) is 13.1 Å². The van der Waals surface area contributed by atoms with Gasteiger partial charge in [-0.2, -0.15) is 5.10 Å². The lowest BCUT2D eigenvalue weighted by Gasteiger charge is -2.34. The lowest BCUT2D eigenvalue weighted by molar-refractivity contribution is 0.217. The maximum atomic E-state index is 6.36. The van der Waals surface area contributed by atoms with Gasteiger partial charge in [-0.3, -0.25) is 4.68 Å². The maximum absolute atomic E-state index is 6.36. The Hall–Kier alpha value is -0.540. The van der Waals surface area contributed by atoms with Crippen molar-refractivity contribution in [2.75, 3.05) is 7.05 Å². The largest absolute Gasteiger partial charge is 0.317 e. The topological polar surface area (TPSA) is 29.9 Å². The van der Waals surface area contributed by atoms with Gasteiger partial charge in [-0.15, -0.1) is 0 Å². The Bertz CT molecular complexity index is 413. The van der Waals surface area contributed by atoms with E-state index in [-0.39, 0.29) is 0 Å². The van der Waals surface area contributed by atoms with Crippen molar-refractivity contribution >= 4 is 11.6 Å². The number of nitrogens with one attached hydrogen (secondary N) is 1. The fraction of sp³-hybridized carbons (Fsp3) is 0.786. The minimum absolute atomic E-state index is 0.618. The highest BCUT2D eigenvalue weighted by Crippen LogP contribution is 2.33. The third-order valence-corrected chi connectivity index (χ3v) is 4.82. The van der Waals surface area contributed by atoms with E-state index in [0.29, 0.717) is 12.0 Å². The minimum Gasteiger partial charge on any atom is -0.317 e. The van der Waals surface area contributed by atoms with Crippen LogP contribution >= 0.6 is 11.6 Å². The van der Waals surface area contributed by atoms with Crippen LogP contribution in [-0.2, 0) is 13.5 Å². The van der Waals surface area contributed by atoms with Crippen LogP contribution in [-0.4, -0.2) is 22.9 Å². The van der Waals surface area contributed by atoms with Gasteiger partial charge in [0.05, 0.1) is 16.4 Å². The molecule has 0 aliphatic heterocycles. The van der Waals surface area contributed by atoms with Crippen LogP contribution in [0.5, 0.6) is 0 Å². The lowest BCUT2D eigenvalue weighted by atomic mass is 9.76. The molecule has 0 radical (unpaired) electrons. The number of aromatic nitrogens is 2. The van der Waals surface area contributed by atoms with Crippen molar-refractivity contribution in [2.24, 2.45) is 18.9 Å².